The van der Waals surface area contributed by atoms with Gasteiger partial charge in [0.25, 0.3) is 0 Å². The smallest absolute Gasteiger partial charge is 0.318 e. The number of ether oxygens (including phenoxy) is 2. The lowest BCUT2D eigenvalue weighted by atomic mass is 10.0. The molecule has 2 aromatic heterocycles. The molecular weight excluding hydrogens is 466 g/mol. The van der Waals surface area contributed by atoms with Gasteiger partial charge in [0.2, 0.25) is 0 Å². The monoisotopic (exact) mass is 499 g/mol. The summed E-state index contributed by atoms with van der Waals surface area (Å²) in [6, 6.07) is 21.7. The SMILES string of the molecule is CCOCCCNC(=O)N1Cc2c(C)nn(-c3ccccc3)c2-n2cccc2[C@H]1c1ccc(OC)cc1. The van der Waals surface area contributed by atoms with Crippen LogP contribution in [0.2, 0.25) is 0 Å². The van der Waals surface area contributed by atoms with Gasteiger partial charge in [-0.3, -0.25) is 0 Å². The number of amides is 2. The summed E-state index contributed by atoms with van der Waals surface area (Å²) in [7, 11) is 1.66. The molecule has 192 valence electrons. The number of hydrogen-bond donors (Lipinski definition) is 1. The topological polar surface area (TPSA) is 73.5 Å². The summed E-state index contributed by atoms with van der Waals surface area (Å²) in [6.45, 7) is 6.23. The predicted molar refractivity (Wildman–Crippen MR) is 143 cm³/mol. The molecule has 0 saturated heterocycles. The number of methoxy groups -OCH3 is 1. The third-order valence-electron chi connectivity index (χ3n) is 6.73. The van der Waals surface area contributed by atoms with Crippen LogP contribution in [0.3, 0.4) is 0 Å². The van der Waals surface area contributed by atoms with E-state index < -0.39 is 0 Å². The quantitative estimate of drug-likeness (QED) is 0.346. The number of carbonyl (C=O) groups excluding carboxylic acids is 1. The van der Waals surface area contributed by atoms with Gasteiger partial charge >= 0.3 is 6.03 Å². The van der Waals surface area contributed by atoms with Crippen LogP contribution >= 0.6 is 0 Å². The van der Waals surface area contributed by atoms with E-state index in [4.69, 9.17) is 14.6 Å². The number of nitrogens with one attached hydrogen (secondary N) is 1. The Hall–Kier alpha value is -4.04. The van der Waals surface area contributed by atoms with Crippen LogP contribution in [-0.4, -0.2) is 52.1 Å². The molecule has 8 nitrogen and oxygen atoms in total. The molecule has 2 aromatic carbocycles. The lowest BCUT2D eigenvalue weighted by Crippen LogP contribution is -2.42. The molecule has 5 rings (SSSR count). The van der Waals surface area contributed by atoms with Gasteiger partial charge in [0.15, 0.2) is 0 Å². The summed E-state index contributed by atoms with van der Waals surface area (Å²) in [5, 5.41) is 8.02. The molecule has 0 fully saturated rings. The maximum Gasteiger partial charge on any atom is 0.318 e. The van der Waals surface area contributed by atoms with Crippen molar-refractivity contribution in [1.29, 1.82) is 0 Å². The maximum atomic E-state index is 13.7. The van der Waals surface area contributed by atoms with Gasteiger partial charge in [0, 0.05) is 31.5 Å². The lowest BCUT2D eigenvalue weighted by Gasteiger charge is -2.31. The van der Waals surface area contributed by atoms with Gasteiger partial charge in [-0.05, 0) is 62.2 Å². The van der Waals surface area contributed by atoms with Gasteiger partial charge in [-0.25, -0.2) is 9.48 Å². The van der Waals surface area contributed by atoms with Crippen molar-refractivity contribution in [3.63, 3.8) is 0 Å². The van der Waals surface area contributed by atoms with Crippen molar-refractivity contribution in [3.8, 4) is 17.3 Å². The molecule has 8 heteroatoms. The molecule has 0 radical (unpaired) electrons. The fourth-order valence-corrected chi connectivity index (χ4v) is 4.90. The van der Waals surface area contributed by atoms with Gasteiger partial charge in [-0.15, -0.1) is 0 Å². The Kier molecular flexibility index (Phi) is 7.28. The van der Waals surface area contributed by atoms with Crippen molar-refractivity contribution in [3.05, 3.63) is 95.4 Å². The molecular formula is C29H33N5O3. The number of urea groups is 1. The summed E-state index contributed by atoms with van der Waals surface area (Å²) in [5.41, 5.74) is 4.88. The molecule has 0 saturated carbocycles. The number of benzene rings is 2. The number of fused-ring (bicyclic) bond motifs is 3. The molecule has 4 aromatic rings. The molecule has 3 heterocycles. The van der Waals surface area contributed by atoms with E-state index in [0.717, 1.165) is 46.2 Å². The van der Waals surface area contributed by atoms with E-state index in [-0.39, 0.29) is 12.1 Å². The average Bonchev–Trinajstić information content (AvgIpc) is 3.49. The minimum absolute atomic E-state index is 0.121. The van der Waals surface area contributed by atoms with Crippen molar-refractivity contribution >= 4 is 6.03 Å². The minimum Gasteiger partial charge on any atom is -0.497 e. The second-order valence-electron chi connectivity index (χ2n) is 9.02. The van der Waals surface area contributed by atoms with E-state index in [1.807, 2.05) is 84.1 Å². The number of nitrogens with zero attached hydrogens (tertiary/aromatic N) is 4. The highest BCUT2D eigenvalue weighted by molar-refractivity contribution is 5.76. The van der Waals surface area contributed by atoms with Crippen molar-refractivity contribution in [2.45, 2.75) is 32.9 Å². The van der Waals surface area contributed by atoms with Gasteiger partial charge < -0.3 is 24.3 Å². The van der Waals surface area contributed by atoms with E-state index in [1.54, 1.807) is 7.11 Å². The number of rotatable bonds is 8. The number of carbonyl (C=O) groups is 1. The van der Waals surface area contributed by atoms with E-state index in [0.29, 0.717) is 26.3 Å². The lowest BCUT2D eigenvalue weighted by molar-refractivity contribution is 0.143. The molecule has 0 aliphatic carbocycles. The Bertz CT molecular complexity index is 1340. The van der Waals surface area contributed by atoms with Crippen LogP contribution in [0, 0.1) is 6.92 Å². The van der Waals surface area contributed by atoms with Crippen LogP contribution < -0.4 is 10.1 Å². The van der Waals surface area contributed by atoms with Crippen LogP contribution in [-0.2, 0) is 11.3 Å². The maximum absolute atomic E-state index is 13.7. The summed E-state index contributed by atoms with van der Waals surface area (Å²) in [6.07, 6.45) is 2.81. The zero-order valence-corrected chi connectivity index (χ0v) is 21.6. The van der Waals surface area contributed by atoms with Crippen LogP contribution in [0.5, 0.6) is 5.75 Å². The number of para-hydroxylation sites is 1. The number of aryl methyl sites for hydroxylation is 1. The Morgan fingerprint density at radius 1 is 1.08 bits per heavy atom. The largest absolute Gasteiger partial charge is 0.497 e. The third-order valence-corrected chi connectivity index (χ3v) is 6.73. The van der Waals surface area contributed by atoms with E-state index in [2.05, 4.69) is 22.1 Å². The minimum atomic E-state index is -0.302. The van der Waals surface area contributed by atoms with Crippen LogP contribution in [0.4, 0.5) is 4.79 Å². The molecule has 1 N–H and O–H groups in total. The standard InChI is InChI=1S/C29H33N5O3/c1-4-37-19-9-17-30-29(35)33-20-25-21(2)31-34(23-10-6-5-7-11-23)28(25)32-18-8-12-26(32)27(33)22-13-15-24(36-3)16-14-22/h5-8,10-16,18,27H,4,9,17,19-20H2,1-3H3,(H,30,35)/t27-/m1/s1. The molecule has 1 atom stereocenters. The first-order valence-corrected chi connectivity index (χ1v) is 12.7. The Balaban J connectivity index is 1.60. The Morgan fingerprint density at radius 3 is 2.59 bits per heavy atom. The van der Waals surface area contributed by atoms with Crippen molar-refractivity contribution in [2.24, 2.45) is 0 Å². The zero-order valence-electron chi connectivity index (χ0n) is 21.6. The molecule has 0 spiro atoms. The van der Waals surface area contributed by atoms with Gasteiger partial charge in [-0.1, -0.05) is 30.3 Å². The van der Waals surface area contributed by atoms with E-state index >= 15 is 0 Å². The van der Waals surface area contributed by atoms with Crippen molar-refractivity contribution in [1.82, 2.24) is 24.6 Å². The summed E-state index contributed by atoms with van der Waals surface area (Å²) >= 11 is 0. The summed E-state index contributed by atoms with van der Waals surface area (Å²) in [4.78, 5) is 15.6. The zero-order chi connectivity index (χ0) is 25.8. The second-order valence-corrected chi connectivity index (χ2v) is 9.02. The van der Waals surface area contributed by atoms with Gasteiger partial charge in [0.05, 0.1) is 36.8 Å². The molecule has 0 bridgehead atoms. The Morgan fingerprint density at radius 2 is 1.86 bits per heavy atom. The van der Waals surface area contributed by atoms with Crippen LogP contribution in [0.15, 0.2) is 72.9 Å². The van der Waals surface area contributed by atoms with Crippen LogP contribution in [0.1, 0.15) is 41.9 Å². The van der Waals surface area contributed by atoms with E-state index in [9.17, 15) is 4.79 Å². The summed E-state index contributed by atoms with van der Waals surface area (Å²) < 4.78 is 15.0. The average molecular weight is 500 g/mol. The molecule has 2 amide bonds. The first-order chi connectivity index (χ1) is 18.1. The summed E-state index contributed by atoms with van der Waals surface area (Å²) in [5.74, 6) is 1.73. The second kappa shape index (κ2) is 10.9. The Labute approximate surface area is 217 Å². The van der Waals surface area contributed by atoms with Gasteiger partial charge in [-0.2, -0.15) is 5.10 Å². The normalized spacial score (nSPS) is 14.6. The first kappa shape index (κ1) is 24.6. The number of hydrogen-bond acceptors (Lipinski definition) is 4. The molecule has 1 aliphatic heterocycles. The fourth-order valence-electron chi connectivity index (χ4n) is 4.90. The third kappa shape index (κ3) is 4.84. The molecule has 0 unspecified atom stereocenters. The molecule has 37 heavy (non-hydrogen) atoms. The van der Waals surface area contributed by atoms with Crippen LogP contribution in [0.25, 0.3) is 11.5 Å². The highest BCUT2D eigenvalue weighted by atomic mass is 16.5. The van der Waals surface area contributed by atoms with Gasteiger partial charge in [0.1, 0.15) is 11.6 Å². The number of aromatic nitrogens is 3. The first-order valence-electron chi connectivity index (χ1n) is 12.7. The highest BCUT2D eigenvalue weighted by Gasteiger charge is 2.35. The highest BCUT2D eigenvalue weighted by Crippen LogP contribution is 2.38. The van der Waals surface area contributed by atoms with Crippen molar-refractivity contribution in [2.75, 3.05) is 26.9 Å². The predicted octanol–water partition coefficient (Wildman–Crippen LogP) is 5.02. The van der Waals surface area contributed by atoms with Crippen molar-refractivity contribution < 1.29 is 14.3 Å². The molecule has 1 aliphatic rings. The van der Waals surface area contributed by atoms with E-state index in [1.165, 1.54) is 0 Å². The fraction of sp³-hybridized carbons (Fsp3) is 0.310.